The van der Waals surface area contributed by atoms with Gasteiger partial charge in [-0.05, 0) is 36.7 Å². The summed E-state index contributed by atoms with van der Waals surface area (Å²) in [6.45, 7) is 1.90. The number of carboxylic acid groups (broad SMARTS) is 1. The van der Waals surface area contributed by atoms with E-state index >= 15 is 0 Å². The first kappa shape index (κ1) is 12.5. The van der Waals surface area contributed by atoms with Gasteiger partial charge in [-0.25, -0.2) is 4.39 Å². The lowest BCUT2D eigenvalue weighted by atomic mass is 10.1. The van der Waals surface area contributed by atoms with Crippen molar-refractivity contribution < 1.29 is 14.3 Å². The maximum Gasteiger partial charge on any atom is 0.307 e. The Morgan fingerprint density at radius 2 is 2.29 bits per heavy atom. The standard InChI is InChI=1S/C12H13BrFNO2/c13-10-3-8(4-11(14)5-10)6-15-2-1-9(7-15)12(16)17/h3-5,9H,1-2,6-7H2,(H,16,17). The number of carboxylic acids is 1. The highest BCUT2D eigenvalue weighted by Crippen LogP contribution is 2.21. The summed E-state index contributed by atoms with van der Waals surface area (Å²) in [4.78, 5) is 12.9. The van der Waals surface area contributed by atoms with E-state index in [4.69, 9.17) is 5.11 Å². The number of nitrogens with zero attached hydrogens (tertiary/aromatic N) is 1. The van der Waals surface area contributed by atoms with E-state index in [0.29, 0.717) is 24.0 Å². The maximum absolute atomic E-state index is 13.2. The first-order valence-corrected chi connectivity index (χ1v) is 6.24. The molecule has 5 heteroatoms. The summed E-state index contributed by atoms with van der Waals surface area (Å²) in [7, 11) is 0. The van der Waals surface area contributed by atoms with Gasteiger partial charge in [0.2, 0.25) is 0 Å². The highest BCUT2D eigenvalue weighted by Gasteiger charge is 2.27. The van der Waals surface area contributed by atoms with Crippen LogP contribution in [0.15, 0.2) is 22.7 Å². The molecule has 0 saturated carbocycles. The Kier molecular flexibility index (Phi) is 3.79. The molecule has 1 N–H and O–H groups in total. The Hall–Kier alpha value is -0.940. The molecule has 1 fully saturated rings. The first-order chi connectivity index (χ1) is 8.04. The Morgan fingerprint density at radius 3 is 2.88 bits per heavy atom. The lowest BCUT2D eigenvalue weighted by molar-refractivity contribution is -0.141. The van der Waals surface area contributed by atoms with Gasteiger partial charge >= 0.3 is 5.97 Å². The third-order valence-electron chi connectivity index (χ3n) is 2.95. The van der Waals surface area contributed by atoms with Gasteiger partial charge in [-0.15, -0.1) is 0 Å². The van der Waals surface area contributed by atoms with Crippen LogP contribution < -0.4 is 0 Å². The van der Waals surface area contributed by atoms with Crippen molar-refractivity contribution in [3.05, 3.63) is 34.1 Å². The third-order valence-corrected chi connectivity index (χ3v) is 3.41. The van der Waals surface area contributed by atoms with E-state index in [1.165, 1.54) is 12.1 Å². The van der Waals surface area contributed by atoms with Gasteiger partial charge in [-0.1, -0.05) is 15.9 Å². The average Bonchev–Trinajstić information content (AvgIpc) is 2.64. The van der Waals surface area contributed by atoms with Crippen molar-refractivity contribution in [2.24, 2.45) is 5.92 Å². The molecule has 0 aliphatic carbocycles. The molecule has 1 heterocycles. The molecule has 2 rings (SSSR count). The second-order valence-corrected chi connectivity index (χ2v) is 5.25. The van der Waals surface area contributed by atoms with E-state index in [1.807, 2.05) is 11.0 Å². The van der Waals surface area contributed by atoms with E-state index in [2.05, 4.69) is 15.9 Å². The first-order valence-electron chi connectivity index (χ1n) is 5.45. The summed E-state index contributed by atoms with van der Waals surface area (Å²) >= 11 is 3.24. The van der Waals surface area contributed by atoms with Crippen molar-refractivity contribution in [2.45, 2.75) is 13.0 Å². The van der Waals surface area contributed by atoms with E-state index in [-0.39, 0.29) is 11.7 Å². The van der Waals surface area contributed by atoms with E-state index in [1.54, 1.807) is 0 Å². The molecule has 92 valence electrons. The summed E-state index contributed by atoms with van der Waals surface area (Å²) in [6.07, 6.45) is 0.672. The van der Waals surface area contributed by atoms with Gasteiger partial charge in [0, 0.05) is 17.6 Å². The summed E-state index contributed by atoms with van der Waals surface area (Å²) in [5.41, 5.74) is 0.864. The van der Waals surface area contributed by atoms with Gasteiger partial charge in [-0.3, -0.25) is 9.69 Å². The Labute approximate surface area is 107 Å². The number of hydrogen-bond acceptors (Lipinski definition) is 2. The molecular formula is C12H13BrFNO2. The quantitative estimate of drug-likeness (QED) is 0.932. The van der Waals surface area contributed by atoms with Crippen LogP contribution in [-0.4, -0.2) is 29.1 Å². The molecule has 0 spiro atoms. The molecule has 0 aromatic heterocycles. The number of benzene rings is 1. The number of rotatable bonds is 3. The van der Waals surface area contributed by atoms with Crippen LogP contribution in [0.3, 0.4) is 0 Å². The summed E-state index contributed by atoms with van der Waals surface area (Å²) in [6, 6.07) is 4.75. The predicted octanol–water partition coefficient (Wildman–Crippen LogP) is 2.49. The molecule has 0 bridgehead atoms. The highest BCUT2D eigenvalue weighted by atomic mass is 79.9. The fourth-order valence-corrected chi connectivity index (χ4v) is 2.65. The summed E-state index contributed by atoms with van der Waals surface area (Å²) < 4.78 is 13.9. The third kappa shape index (κ3) is 3.26. The van der Waals surface area contributed by atoms with Gasteiger partial charge in [0.25, 0.3) is 0 Å². The van der Waals surface area contributed by atoms with Gasteiger partial charge < -0.3 is 5.11 Å². The molecule has 0 radical (unpaired) electrons. The van der Waals surface area contributed by atoms with Crippen molar-refractivity contribution >= 4 is 21.9 Å². The minimum absolute atomic E-state index is 0.275. The lowest BCUT2D eigenvalue weighted by Crippen LogP contribution is -2.22. The number of hydrogen-bond donors (Lipinski definition) is 1. The van der Waals surface area contributed by atoms with Gasteiger partial charge in [0.05, 0.1) is 5.92 Å². The number of halogens is 2. The van der Waals surface area contributed by atoms with Crippen molar-refractivity contribution in [2.75, 3.05) is 13.1 Å². The van der Waals surface area contributed by atoms with Crippen LogP contribution in [0.5, 0.6) is 0 Å². The Morgan fingerprint density at radius 1 is 1.53 bits per heavy atom. The highest BCUT2D eigenvalue weighted by molar-refractivity contribution is 9.10. The second kappa shape index (κ2) is 5.14. The van der Waals surface area contributed by atoms with Crippen LogP contribution in [0.25, 0.3) is 0 Å². The van der Waals surface area contributed by atoms with Crippen molar-refractivity contribution in [1.82, 2.24) is 4.90 Å². The van der Waals surface area contributed by atoms with Crippen LogP contribution >= 0.6 is 15.9 Å². The molecule has 1 aliphatic rings. The molecule has 1 atom stereocenters. The zero-order chi connectivity index (χ0) is 12.4. The zero-order valence-electron chi connectivity index (χ0n) is 9.20. The van der Waals surface area contributed by atoms with Gasteiger partial charge in [0.1, 0.15) is 5.82 Å². The Balaban J connectivity index is 2.00. The molecule has 1 aromatic carbocycles. The summed E-state index contributed by atoms with van der Waals surface area (Å²) in [5.74, 6) is -1.30. The van der Waals surface area contributed by atoms with Crippen LogP contribution in [0.1, 0.15) is 12.0 Å². The smallest absolute Gasteiger partial charge is 0.307 e. The lowest BCUT2D eigenvalue weighted by Gasteiger charge is -2.15. The molecule has 1 aliphatic heterocycles. The number of likely N-dealkylation sites (tertiary alicyclic amines) is 1. The van der Waals surface area contributed by atoms with Gasteiger partial charge in [0.15, 0.2) is 0 Å². The minimum atomic E-state index is -0.743. The molecular weight excluding hydrogens is 289 g/mol. The number of carbonyl (C=O) groups is 1. The number of aliphatic carboxylic acids is 1. The van der Waals surface area contributed by atoms with Crippen molar-refractivity contribution in [3.8, 4) is 0 Å². The normalized spacial score (nSPS) is 20.7. The molecule has 0 amide bonds. The largest absolute Gasteiger partial charge is 0.481 e. The monoisotopic (exact) mass is 301 g/mol. The van der Waals surface area contributed by atoms with Crippen LogP contribution in [0, 0.1) is 11.7 Å². The van der Waals surface area contributed by atoms with E-state index in [9.17, 15) is 9.18 Å². The van der Waals surface area contributed by atoms with Crippen LogP contribution in [0.2, 0.25) is 0 Å². The van der Waals surface area contributed by atoms with Crippen LogP contribution in [-0.2, 0) is 11.3 Å². The van der Waals surface area contributed by atoms with Crippen molar-refractivity contribution in [3.63, 3.8) is 0 Å². The fourth-order valence-electron chi connectivity index (χ4n) is 2.14. The molecule has 17 heavy (non-hydrogen) atoms. The topological polar surface area (TPSA) is 40.5 Å². The van der Waals surface area contributed by atoms with E-state index in [0.717, 1.165) is 12.1 Å². The molecule has 1 unspecified atom stereocenters. The summed E-state index contributed by atoms with van der Waals surface area (Å²) in [5, 5.41) is 8.89. The van der Waals surface area contributed by atoms with Crippen LogP contribution in [0.4, 0.5) is 4.39 Å². The van der Waals surface area contributed by atoms with Crippen molar-refractivity contribution in [1.29, 1.82) is 0 Å². The fraction of sp³-hybridized carbons (Fsp3) is 0.417. The van der Waals surface area contributed by atoms with E-state index < -0.39 is 5.97 Å². The zero-order valence-corrected chi connectivity index (χ0v) is 10.8. The maximum atomic E-state index is 13.2. The Bertz CT molecular complexity index is 418. The molecule has 3 nitrogen and oxygen atoms in total. The SMILES string of the molecule is O=C(O)C1CCN(Cc2cc(F)cc(Br)c2)C1. The minimum Gasteiger partial charge on any atom is -0.481 e. The average molecular weight is 302 g/mol. The van der Waals surface area contributed by atoms with Gasteiger partial charge in [-0.2, -0.15) is 0 Å². The molecule has 1 saturated heterocycles. The molecule has 1 aromatic rings. The predicted molar refractivity (Wildman–Crippen MR) is 65.1 cm³/mol. The second-order valence-electron chi connectivity index (χ2n) is 4.34.